The molecule has 0 bridgehead atoms. The highest BCUT2D eigenvalue weighted by Crippen LogP contribution is 2.45. The number of anilines is 2. The Morgan fingerprint density at radius 1 is 0.500 bits per heavy atom. The number of benzene rings is 4. The van der Waals surface area contributed by atoms with Crippen molar-refractivity contribution in [3.63, 3.8) is 0 Å². The monoisotopic (exact) mass is 558 g/mol. The summed E-state index contributed by atoms with van der Waals surface area (Å²) in [7, 11) is 0. The van der Waals surface area contributed by atoms with Gasteiger partial charge >= 0.3 is 0 Å². The Labute approximate surface area is 219 Å². The fraction of sp³-hybridized carbons (Fsp3) is 0. The molecule has 4 aromatic carbocycles. The Hall–Kier alpha value is -4.28. The summed E-state index contributed by atoms with van der Waals surface area (Å²) >= 11 is 11.8. The van der Waals surface area contributed by atoms with Crippen molar-refractivity contribution in [3.8, 4) is 0 Å². The Morgan fingerprint density at radius 2 is 0.789 bits per heavy atom. The predicted octanol–water partition coefficient (Wildman–Crippen LogP) is 6.30. The molecule has 38 heavy (non-hydrogen) atoms. The quantitative estimate of drug-likeness (QED) is 0.213. The van der Waals surface area contributed by atoms with E-state index < -0.39 is 79.9 Å². The highest BCUT2D eigenvalue weighted by Gasteiger charge is 2.48. The minimum Gasteiger partial charge on any atom is -0.268 e. The number of imide groups is 2. The summed E-state index contributed by atoms with van der Waals surface area (Å²) in [4.78, 5) is 54.0. The van der Waals surface area contributed by atoms with Crippen LogP contribution in [-0.2, 0) is 0 Å². The molecular formula is C26H8Cl2F4N2O4. The van der Waals surface area contributed by atoms with E-state index in [4.69, 9.17) is 23.2 Å². The highest BCUT2D eigenvalue weighted by molar-refractivity contribution is 6.43. The summed E-state index contributed by atoms with van der Waals surface area (Å²) in [5.74, 6) is -13.3. The van der Waals surface area contributed by atoms with Crippen LogP contribution in [0.3, 0.4) is 0 Å². The molecule has 2 aliphatic heterocycles. The Bertz CT molecular complexity index is 1630. The average Bonchev–Trinajstić information content (AvgIpc) is 2.86. The molecule has 0 aliphatic carbocycles. The van der Waals surface area contributed by atoms with Crippen LogP contribution in [0.2, 0.25) is 10.0 Å². The van der Waals surface area contributed by atoms with Gasteiger partial charge in [-0.2, -0.15) is 0 Å². The summed E-state index contributed by atoms with van der Waals surface area (Å²) in [6.45, 7) is 0. The van der Waals surface area contributed by atoms with Gasteiger partial charge in [0.05, 0.1) is 33.6 Å². The molecule has 4 aromatic rings. The van der Waals surface area contributed by atoms with Crippen molar-refractivity contribution < 1.29 is 36.7 Å². The van der Waals surface area contributed by atoms with E-state index >= 15 is 17.6 Å². The molecule has 0 spiro atoms. The van der Waals surface area contributed by atoms with Crippen LogP contribution in [0, 0.1) is 23.3 Å². The van der Waals surface area contributed by atoms with Gasteiger partial charge in [0.1, 0.15) is 0 Å². The van der Waals surface area contributed by atoms with Gasteiger partial charge in [0, 0.05) is 20.8 Å². The number of halogens is 6. The molecular weight excluding hydrogens is 551 g/mol. The smallest absolute Gasteiger partial charge is 0.268 e. The first-order chi connectivity index (χ1) is 18.0. The number of carbonyl (C=O) groups excluding carboxylic acids is 4. The van der Waals surface area contributed by atoms with Crippen molar-refractivity contribution in [3.05, 3.63) is 104 Å². The number of hydrogen-bond acceptors (Lipinski definition) is 4. The lowest BCUT2D eigenvalue weighted by Gasteiger charge is -2.33. The molecule has 0 aromatic heterocycles. The van der Waals surface area contributed by atoms with E-state index in [-0.39, 0.29) is 21.4 Å². The first kappa shape index (κ1) is 24.1. The largest absolute Gasteiger partial charge is 0.269 e. The van der Waals surface area contributed by atoms with E-state index in [0.717, 1.165) is 12.1 Å². The fourth-order valence-electron chi connectivity index (χ4n) is 4.76. The van der Waals surface area contributed by atoms with Gasteiger partial charge in [-0.1, -0.05) is 35.3 Å². The second-order valence-corrected chi connectivity index (χ2v) is 9.23. The van der Waals surface area contributed by atoms with E-state index in [0.29, 0.717) is 9.80 Å². The van der Waals surface area contributed by atoms with E-state index in [2.05, 4.69) is 0 Å². The van der Waals surface area contributed by atoms with Gasteiger partial charge in [-0.15, -0.1) is 0 Å². The first-order valence-corrected chi connectivity index (χ1v) is 11.4. The third-order valence-corrected chi connectivity index (χ3v) is 6.78. The van der Waals surface area contributed by atoms with Crippen LogP contribution in [0.25, 0.3) is 10.8 Å². The normalized spacial score (nSPS) is 14.7. The van der Waals surface area contributed by atoms with E-state index in [9.17, 15) is 19.2 Å². The van der Waals surface area contributed by atoms with Crippen molar-refractivity contribution >= 4 is 69.0 Å². The van der Waals surface area contributed by atoms with Crippen LogP contribution in [0.5, 0.6) is 0 Å². The maximum atomic E-state index is 15.5. The number of amides is 4. The van der Waals surface area contributed by atoms with E-state index in [1.165, 1.54) is 36.4 Å². The SMILES string of the molecule is O=C1c2c(F)c(F)c3c4c(c(F)c(F)c(c24)C(=O)N1c1cccc(Cl)c1)C(=O)N(c1cccc(Cl)c1)C3=O. The molecule has 0 fully saturated rings. The molecule has 6 rings (SSSR count). The zero-order chi connectivity index (χ0) is 27.2. The molecule has 2 heterocycles. The molecule has 2 aliphatic rings. The zero-order valence-electron chi connectivity index (χ0n) is 18.4. The number of carbonyl (C=O) groups is 4. The molecule has 0 unspecified atom stereocenters. The summed E-state index contributed by atoms with van der Waals surface area (Å²) in [5, 5.41) is -1.66. The molecule has 4 amide bonds. The number of rotatable bonds is 2. The predicted molar refractivity (Wildman–Crippen MR) is 129 cm³/mol. The van der Waals surface area contributed by atoms with Crippen molar-refractivity contribution in [2.45, 2.75) is 0 Å². The minimum atomic E-state index is -1.89. The lowest BCUT2D eigenvalue weighted by molar-refractivity contribution is 0.0863. The van der Waals surface area contributed by atoms with Crippen molar-refractivity contribution in [2.75, 3.05) is 9.80 Å². The maximum absolute atomic E-state index is 15.5. The summed E-state index contributed by atoms with van der Waals surface area (Å²) in [6.07, 6.45) is 0. The van der Waals surface area contributed by atoms with E-state index in [1.54, 1.807) is 0 Å². The third kappa shape index (κ3) is 3.01. The van der Waals surface area contributed by atoms with Gasteiger partial charge in [0.25, 0.3) is 23.6 Å². The topological polar surface area (TPSA) is 74.8 Å². The Morgan fingerprint density at radius 3 is 1.05 bits per heavy atom. The standard InChI is InChI=1S/C26H8Cl2F4N2O4/c27-9-3-1-5-11(7-9)33-23(35)15-13-14-17(21(31)19(15)29)25(37)34(12-6-2-4-10(28)8-12)26(38)18(14)22(32)20(30)16(13)24(33)36/h1-8H. The highest BCUT2D eigenvalue weighted by atomic mass is 35.5. The van der Waals surface area contributed by atoms with Gasteiger partial charge in [-0.3, -0.25) is 19.2 Å². The molecule has 0 radical (unpaired) electrons. The Balaban J connectivity index is 1.72. The van der Waals surface area contributed by atoms with Gasteiger partial charge in [-0.25, -0.2) is 27.4 Å². The minimum absolute atomic E-state index is 0.0507. The van der Waals surface area contributed by atoms with Crippen LogP contribution >= 0.6 is 23.2 Å². The van der Waals surface area contributed by atoms with Gasteiger partial charge in [0.2, 0.25) is 0 Å². The van der Waals surface area contributed by atoms with Crippen LogP contribution < -0.4 is 9.80 Å². The van der Waals surface area contributed by atoms with Crippen molar-refractivity contribution in [1.82, 2.24) is 0 Å². The molecule has 188 valence electrons. The second kappa shape index (κ2) is 8.11. The summed E-state index contributed by atoms with van der Waals surface area (Å²) in [5.41, 5.74) is -5.04. The fourth-order valence-corrected chi connectivity index (χ4v) is 5.13. The molecule has 0 atom stereocenters. The van der Waals surface area contributed by atoms with Gasteiger partial charge in [0.15, 0.2) is 23.3 Å². The molecule has 0 N–H and O–H groups in total. The van der Waals surface area contributed by atoms with E-state index in [1.807, 2.05) is 0 Å². The first-order valence-electron chi connectivity index (χ1n) is 10.7. The number of hydrogen-bond donors (Lipinski definition) is 0. The van der Waals surface area contributed by atoms with Gasteiger partial charge < -0.3 is 0 Å². The van der Waals surface area contributed by atoms with Crippen LogP contribution in [0.15, 0.2) is 48.5 Å². The lowest BCUT2D eigenvalue weighted by atomic mass is 9.84. The lowest BCUT2D eigenvalue weighted by Crippen LogP contribution is -2.46. The van der Waals surface area contributed by atoms with Crippen molar-refractivity contribution in [1.29, 1.82) is 0 Å². The average molecular weight is 559 g/mol. The third-order valence-electron chi connectivity index (χ3n) is 6.31. The molecule has 0 saturated heterocycles. The zero-order valence-corrected chi connectivity index (χ0v) is 19.9. The summed E-state index contributed by atoms with van der Waals surface area (Å²) < 4.78 is 62.2. The Kier molecular flexibility index (Phi) is 5.14. The van der Waals surface area contributed by atoms with Gasteiger partial charge in [-0.05, 0) is 36.4 Å². The maximum Gasteiger partial charge on any atom is 0.269 e. The summed E-state index contributed by atoms with van der Waals surface area (Å²) in [6, 6.07) is 10.2. The molecule has 0 saturated carbocycles. The molecule has 6 nitrogen and oxygen atoms in total. The van der Waals surface area contributed by atoms with Crippen LogP contribution in [-0.4, -0.2) is 23.6 Å². The second-order valence-electron chi connectivity index (χ2n) is 8.36. The van der Waals surface area contributed by atoms with Crippen LogP contribution in [0.4, 0.5) is 28.9 Å². The molecule has 12 heteroatoms. The van der Waals surface area contributed by atoms with Crippen LogP contribution in [0.1, 0.15) is 41.4 Å². The number of nitrogens with zero attached hydrogens (tertiary/aromatic N) is 2. The van der Waals surface area contributed by atoms with Crippen molar-refractivity contribution in [2.24, 2.45) is 0 Å².